The van der Waals surface area contributed by atoms with Crippen LogP contribution in [0.5, 0.6) is 5.75 Å². The Kier molecular flexibility index (Phi) is 9.00. The van der Waals surface area contributed by atoms with Gasteiger partial charge in [0.05, 0.1) is 11.9 Å². The fourth-order valence-electron chi connectivity index (χ4n) is 3.98. The minimum Gasteiger partial charge on any atom is -0.484 e. The first-order chi connectivity index (χ1) is 20.4. The van der Waals surface area contributed by atoms with Crippen LogP contribution in [0.3, 0.4) is 0 Å². The molecule has 0 atom stereocenters. The van der Waals surface area contributed by atoms with E-state index in [9.17, 15) is 9.59 Å². The monoisotopic (exact) mass is 575 g/mol. The number of amides is 2. The van der Waals surface area contributed by atoms with Crippen molar-refractivity contribution >= 4 is 45.9 Å². The lowest BCUT2D eigenvalue weighted by Gasteiger charge is -2.09. The lowest BCUT2D eigenvalue weighted by molar-refractivity contribution is -0.118. The first kappa shape index (κ1) is 28.3. The molecule has 2 amide bonds. The van der Waals surface area contributed by atoms with Crippen LogP contribution in [0.1, 0.15) is 27.0 Å². The number of hydrazone groups is 1. The van der Waals surface area contributed by atoms with E-state index >= 15 is 0 Å². The Morgan fingerprint density at radius 1 is 0.881 bits per heavy atom. The summed E-state index contributed by atoms with van der Waals surface area (Å²) in [6.45, 7) is 3.89. The van der Waals surface area contributed by atoms with Crippen molar-refractivity contribution in [2.75, 3.05) is 17.2 Å². The van der Waals surface area contributed by atoms with Crippen LogP contribution in [-0.2, 0) is 4.79 Å². The SMILES string of the molecule is Cc1ccc(NC(=O)COc2cccc(/C=N/NC(=O)c3ccc(-c4csc(Nc5ccccc5)n4)cc3)c2)cc1C. The summed E-state index contributed by atoms with van der Waals surface area (Å²) in [4.78, 5) is 29.5. The molecule has 5 aromatic rings. The van der Waals surface area contributed by atoms with Gasteiger partial charge in [-0.2, -0.15) is 5.10 Å². The number of thiazole rings is 1. The van der Waals surface area contributed by atoms with Gasteiger partial charge in [-0.05, 0) is 79.1 Å². The lowest BCUT2D eigenvalue weighted by Crippen LogP contribution is -2.20. The van der Waals surface area contributed by atoms with Crippen molar-refractivity contribution in [1.82, 2.24) is 10.4 Å². The molecular weight excluding hydrogens is 546 g/mol. The van der Waals surface area contributed by atoms with E-state index in [2.05, 4.69) is 26.1 Å². The summed E-state index contributed by atoms with van der Waals surface area (Å²) in [7, 11) is 0. The number of nitrogens with zero attached hydrogens (tertiary/aromatic N) is 2. The van der Waals surface area contributed by atoms with Gasteiger partial charge in [0.25, 0.3) is 11.8 Å². The normalized spacial score (nSPS) is 10.8. The van der Waals surface area contributed by atoms with Crippen molar-refractivity contribution in [1.29, 1.82) is 0 Å². The summed E-state index contributed by atoms with van der Waals surface area (Å²) in [6.07, 6.45) is 1.52. The molecule has 0 saturated heterocycles. The molecule has 0 aliphatic rings. The van der Waals surface area contributed by atoms with Gasteiger partial charge < -0.3 is 15.4 Å². The molecule has 3 N–H and O–H groups in total. The average molecular weight is 576 g/mol. The molecule has 0 spiro atoms. The number of rotatable bonds is 10. The Labute approximate surface area is 248 Å². The van der Waals surface area contributed by atoms with E-state index in [1.165, 1.54) is 17.6 Å². The van der Waals surface area contributed by atoms with E-state index in [1.54, 1.807) is 30.3 Å². The molecule has 9 heteroatoms. The topological polar surface area (TPSA) is 105 Å². The van der Waals surface area contributed by atoms with E-state index in [0.717, 1.165) is 38.9 Å². The molecule has 1 aromatic heterocycles. The number of aryl methyl sites for hydroxylation is 2. The zero-order valence-corrected chi connectivity index (χ0v) is 23.9. The first-order valence-electron chi connectivity index (χ1n) is 13.2. The van der Waals surface area contributed by atoms with Gasteiger partial charge in [-0.1, -0.05) is 48.5 Å². The third-order valence-corrected chi connectivity index (χ3v) is 7.13. The van der Waals surface area contributed by atoms with Gasteiger partial charge in [-0.3, -0.25) is 9.59 Å². The van der Waals surface area contributed by atoms with Gasteiger partial charge >= 0.3 is 0 Å². The van der Waals surface area contributed by atoms with E-state index in [0.29, 0.717) is 16.9 Å². The van der Waals surface area contributed by atoms with Crippen LogP contribution in [0.15, 0.2) is 108 Å². The summed E-state index contributed by atoms with van der Waals surface area (Å²) in [6, 6.07) is 29.9. The molecule has 4 aromatic carbocycles. The van der Waals surface area contributed by atoms with Crippen molar-refractivity contribution in [3.8, 4) is 17.0 Å². The molecule has 8 nitrogen and oxygen atoms in total. The second-order valence-electron chi connectivity index (χ2n) is 9.51. The van der Waals surface area contributed by atoms with E-state index in [1.807, 2.05) is 86.0 Å². The number of carbonyl (C=O) groups excluding carboxylic acids is 2. The maximum absolute atomic E-state index is 12.6. The number of aromatic nitrogens is 1. The van der Waals surface area contributed by atoms with Gasteiger partial charge in [0.15, 0.2) is 11.7 Å². The first-order valence-corrected chi connectivity index (χ1v) is 14.1. The van der Waals surface area contributed by atoms with Crippen molar-refractivity contribution in [3.63, 3.8) is 0 Å². The minimum atomic E-state index is -0.335. The van der Waals surface area contributed by atoms with E-state index in [-0.39, 0.29) is 18.4 Å². The highest BCUT2D eigenvalue weighted by atomic mass is 32.1. The third-order valence-electron chi connectivity index (χ3n) is 6.37. The molecule has 0 unspecified atom stereocenters. The fraction of sp³-hybridized carbons (Fsp3) is 0.0909. The molecular formula is C33H29N5O3S. The third kappa shape index (κ3) is 7.67. The molecule has 0 aliphatic heterocycles. The van der Waals surface area contributed by atoms with Crippen LogP contribution in [0.2, 0.25) is 0 Å². The van der Waals surface area contributed by atoms with Crippen LogP contribution >= 0.6 is 11.3 Å². The predicted octanol–water partition coefficient (Wildman–Crippen LogP) is 6.95. The van der Waals surface area contributed by atoms with Crippen molar-refractivity contribution < 1.29 is 14.3 Å². The average Bonchev–Trinajstić information content (AvgIpc) is 3.47. The largest absolute Gasteiger partial charge is 0.484 e. The van der Waals surface area contributed by atoms with Crippen LogP contribution in [0, 0.1) is 13.8 Å². The van der Waals surface area contributed by atoms with Gasteiger partial charge in [0.2, 0.25) is 0 Å². The lowest BCUT2D eigenvalue weighted by atomic mass is 10.1. The summed E-state index contributed by atoms with van der Waals surface area (Å²) < 4.78 is 5.64. The molecule has 0 radical (unpaired) electrons. The highest BCUT2D eigenvalue weighted by molar-refractivity contribution is 7.14. The fourth-order valence-corrected chi connectivity index (χ4v) is 4.72. The van der Waals surface area contributed by atoms with Crippen LogP contribution < -0.4 is 20.8 Å². The molecule has 0 aliphatic carbocycles. The Morgan fingerprint density at radius 3 is 2.48 bits per heavy atom. The van der Waals surface area contributed by atoms with Gasteiger partial charge in [0, 0.05) is 27.9 Å². The van der Waals surface area contributed by atoms with Gasteiger partial charge in [-0.15, -0.1) is 11.3 Å². The Morgan fingerprint density at radius 2 is 1.69 bits per heavy atom. The number of nitrogens with one attached hydrogen (secondary N) is 3. The van der Waals surface area contributed by atoms with Crippen LogP contribution in [0.25, 0.3) is 11.3 Å². The van der Waals surface area contributed by atoms with Crippen LogP contribution in [0.4, 0.5) is 16.5 Å². The highest BCUT2D eigenvalue weighted by Crippen LogP contribution is 2.27. The van der Waals surface area contributed by atoms with E-state index in [4.69, 9.17) is 4.74 Å². The molecule has 1 heterocycles. The molecule has 0 bridgehead atoms. The molecule has 210 valence electrons. The van der Waals surface area contributed by atoms with Crippen LogP contribution in [-0.4, -0.2) is 29.6 Å². The molecule has 0 saturated carbocycles. The summed E-state index contributed by atoms with van der Waals surface area (Å²) in [5, 5.41) is 13.0. The number of ether oxygens (including phenoxy) is 1. The van der Waals surface area contributed by atoms with E-state index < -0.39 is 0 Å². The number of benzene rings is 4. The Hall–Kier alpha value is -5.28. The highest BCUT2D eigenvalue weighted by Gasteiger charge is 2.09. The zero-order valence-electron chi connectivity index (χ0n) is 23.1. The maximum atomic E-state index is 12.6. The smallest absolute Gasteiger partial charge is 0.271 e. The molecule has 0 fully saturated rings. The zero-order chi connectivity index (χ0) is 29.3. The van der Waals surface area contributed by atoms with Crippen molar-refractivity contribution in [2.24, 2.45) is 5.10 Å². The number of hydrogen-bond donors (Lipinski definition) is 3. The quantitative estimate of drug-likeness (QED) is 0.123. The van der Waals surface area contributed by atoms with Gasteiger partial charge in [-0.25, -0.2) is 10.4 Å². The summed E-state index contributed by atoms with van der Waals surface area (Å²) >= 11 is 1.52. The Bertz CT molecular complexity index is 1720. The standard InChI is InChI=1S/C33H29N5O3S/c1-22-11-16-28(17-23(22)2)35-31(39)20-41-29-10-6-7-24(18-29)19-34-38-32(40)26-14-12-25(13-15-26)30-21-42-33(37-30)36-27-8-4-3-5-9-27/h3-19,21H,20H2,1-2H3,(H,35,39)(H,36,37)(H,38,40)/b34-19+. The predicted molar refractivity (Wildman–Crippen MR) is 169 cm³/mol. The second-order valence-corrected chi connectivity index (χ2v) is 10.4. The number of hydrogen-bond acceptors (Lipinski definition) is 7. The summed E-state index contributed by atoms with van der Waals surface area (Å²) in [5.41, 5.74) is 9.43. The van der Waals surface area contributed by atoms with Gasteiger partial charge in [0.1, 0.15) is 5.75 Å². The Balaban J connectivity index is 1.11. The van der Waals surface area contributed by atoms with Crippen molar-refractivity contribution in [2.45, 2.75) is 13.8 Å². The van der Waals surface area contributed by atoms with Crippen molar-refractivity contribution in [3.05, 3.63) is 125 Å². The molecule has 5 rings (SSSR count). The summed E-state index contributed by atoms with van der Waals surface area (Å²) in [5.74, 6) is -0.0760. The number of anilines is 3. The number of para-hydroxylation sites is 1. The minimum absolute atomic E-state index is 0.133. The maximum Gasteiger partial charge on any atom is 0.271 e. The number of carbonyl (C=O) groups is 2. The molecule has 42 heavy (non-hydrogen) atoms. The second kappa shape index (κ2) is 13.4.